The second-order valence-corrected chi connectivity index (χ2v) is 5.72. The Balaban J connectivity index is 2.63. The highest BCUT2D eigenvalue weighted by Gasteiger charge is 2.37. The van der Waals surface area contributed by atoms with Crippen molar-refractivity contribution < 1.29 is 4.74 Å². The van der Waals surface area contributed by atoms with Gasteiger partial charge in [0.1, 0.15) is 0 Å². The van der Waals surface area contributed by atoms with Crippen molar-refractivity contribution in [2.24, 2.45) is 5.73 Å². The second kappa shape index (κ2) is 4.24. The fourth-order valence-electron chi connectivity index (χ4n) is 2.44. The Morgan fingerprint density at radius 2 is 1.73 bits per heavy atom. The number of morpholine rings is 1. The third-order valence-corrected chi connectivity index (χ3v) is 2.50. The summed E-state index contributed by atoms with van der Waals surface area (Å²) >= 11 is 0. The number of nitrogens with zero attached hydrogens (tertiary/aromatic N) is 1. The standard InChI is InChI=1S/C12H24N2O/c1-10(6-13)7-14-8-11(2,3)15-12(4,5)9-14/h1,6-9,13H2,2-5H3. The van der Waals surface area contributed by atoms with Gasteiger partial charge in [0.25, 0.3) is 0 Å². The summed E-state index contributed by atoms with van der Waals surface area (Å²) in [5.74, 6) is 0. The van der Waals surface area contributed by atoms with Crippen LogP contribution in [0.5, 0.6) is 0 Å². The fourth-order valence-corrected chi connectivity index (χ4v) is 2.44. The number of hydrogen-bond acceptors (Lipinski definition) is 3. The van der Waals surface area contributed by atoms with E-state index in [2.05, 4.69) is 39.2 Å². The van der Waals surface area contributed by atoms with Crippen LogP contribution in [-0.2, 0) is 4.74 Å². The summed E-state index contributed by atoms with van der Waals surface area (Å²) < 4.78 is 6.00. The van der Waals surface area contributed by atoms with Gasteiger partial charge in [-0.2, -0.15) is 0 Å². The van der Waals surface area contributed by atoms with Gasteiger partial charge in [0.05, 0.1) is 11.2 Å². The molecule has 0 unspecified atom stereocenters. The van der Waals surface area contributed by atoms with Gasteiger partial charge in [0.2, 0.25) is 0 Å². The summed E-state index contributed by atoms with van der Waals surface area (Å²) in [5, 5.41) is 0. The molecule has 1 fully saturated rings. The predicted molar refractivity (Wildman–Crippen MR) is 63.9 cm³/mol. The molecular formula is C12H24N2O. The molecule has 0 aliphatic carbocycles. The molecule has 1 heterocycles. The van der Waals surface area contributed by atoms with Crippen LogP contribution in [0.4, 0.5) is 0 Å². The normalized spacial score (nSPS) is 25.1. The molecule has 88 valence electrons. The van der Waals surface area contributed by atoms with E-state index in [9.17, 15) is 0 Å². The summed E-state index contributed by atoms with van der Waals surface area (Å²) in [6, 6.07) is 0. The predicted octanol–water partition coefficient (Wildman–Crippen LogP) is 1.39. The smallest absolute Gasteiger partial charge is 0.0760 e. The quantitative estimate of drug-likeness (QED) is 0.719. The molecule has 0 radical (unpaired) electrons. The van der Waals surface area contributed by atoms with Crippen molar-refractivity contribution in [1.82, 2.24) is 4.90 Å². The van der Waals surface area contributed by atoms with E-state index in [1.54, 1.807) is 0 Å². The molecule has 0 spiro atoms. The Bertz CT molecular complexity index is 230. The zero-order valence-corrected chi connectivity index (χ0v) is 10.5. The summed E-state index contributed by atoms with van der Waals surface area (Å²) in [4.78, 5) is 2.37. The van der Waals surface area contributed by atoms with Crippen LogP contribution in [0.1, 0.15) is 27.7 Å². The van der Waals surface area contributed by atoms with Crippen LogP contribution >= 0.6 is 0 Å². The molecule has 0 bridgehead atoms. The van der Waals surface area contributed by atoms with Crippen molar-refractivity contribution in [2.75, 3.05) is 26.2 Å². The first-order valence-electron chi connectivity index (χ1n) is 5.53. The average Bonchev–Trinajstić information content (AvgIpc) is 1.97. The number of rotatable bonds is 3. The molecule has 0 aromatic rings. The van der Waals surface area contributed by atoms with E-state index in [1.807, 2.05) is 0 Å². The lowest BCUT2D eigenvalue weighted by Gasteiger charge is -2.47. The average molecular weight is 212 g/mol. The topological polar surface area (TPSA) is 38.5 Å². The first-order valence-corrected chi connectivity index (χ1v) is 5.53. The van der Waals surface area contributed by atoms with E-state index in [0.29, 0.717) is 6.54 Å². The lowest BCUT2D eigenvalue weighted by Crippen LogP contribution is -2.57. The molecule has 3 nitrogen and oxygen atoms in total. The Morgan fingerprint density at radius 1 is 1.27 bits per heavy atom. The lowest BCUT2D eigenvalue weighted by molar-refractivity contribution is -0.178. The Hall–Kier alpha value is -0.380. The van der Waals surface area contributed by atoms with Crippen LogP contribution < -0.4 is 5.73 Å². The van der Waals surface area contributed by atoms with E-state index in [4.69, 9.17) is 10.5 Å². The molecular weight excluding hydrogens is 188 g/mol. The molecule has 1 aliphatic rings. The van der Waals surface area contributed by atoms with E-state index in [0.717, 1.165) is 25.2 Å². The minimum absolute atomic E-state index is 0.0867. The fraction of sp³-hybridized carbons (Fsp3) is 0.833. The van der Waals surface area contributed by atoms with Crippen LogP contribution in [0.15, 0.2) is 12.2 Å². The van der Waals surface area contributed by atoms with Gasteiger partial charge in [0.15, 0.2) is 0 Å². The van der Waals surface area contributed by atoms with Gasteiger partial charge >= 0.3 is 0 Å². The van der Waals surface area contributed by atoms with Crippen LogP contribution in [0.25, 0.3) is 0 Å². The van der Waals surface area contributed by atoms with Crippen LogP contribution in [0.2, 0.25) is 0 Å². The van der Waals surface area contributed by atoms with Gasteiger partial charge in [-0.1, -0.05) is 6.58 Å². The SMILES string of the molecule is C=C(CN)CN1CC(C)(C)OC(C)(C)C1. The third kappa shape index (κ3) is 3.93. The van der Waals surface area contributed by atoms with E-state index in [-0.39, 0.29) is 11.2 Å². The monoisotopic (exact) mass is 212 g/mol. The van der Waals surface area contributed by atoms with E-state index >= 15 is 0 Å². The van der Waals surface area contributed by atoms with Gasteiger partial charge in [0, 0.05) is 26.2 Å². The molecule has 2 N–H and O–H groups in total. The van der Waals surface area contributed by atoms with Gasteiger partial charge < -0.3 is 10.5 Å². The van der Waals surface area contributed by atoms with E-state index in [1.165, 1.54) is 0 Å². The van der Waals surface area contributed by atoms with Crippen LogP contribution in [-0.4, -0.2) is 42.3 Å². The minimum Gasteiger partial charge on any atom is -0.367 e. The molecule has 1 saturated heterocycles. The highest BCUT2D eigenvalue weighted by molar-refractivity contribution is 5.01. The number of hydrogen-bond donors (Lipinski definition) is 1. The van der Waals surface area contributed by atoms with Gasteiger partial charge in [-0.3, -0.25) is 4.90 Å². The maximum Gasteiger partial charge on any atom is 0.0760 e. The van der Waals surface area contributed by atoms with Crippen molar-refractivity contribution in [1.29, 1.82) is 0 Å². The minimum atomic E-state index is -0.0867. The molecule has 0 aromatic carbocycles. The van der Waals surface area contributed by atoms with Crippen molar-refractivity contribution in [3.05, 3.63) is 12.2 Å². The van der Waals surface area contributed by atoms with Crippen molar-refractivity contribution >= 4 is 0 Å². The first kappa shape index (κ1) is 12.7. The Morgan fingerprint density at radius 3 is 2.13 bits per heavy atom. The van der Waals surface area contributed by atoms with Crippen molar-refractivity contribution in [3.8, 4) is 0 Å². The number of ether oxygens (including phenoxy) is 1. The maximum absolute atomic E-state index is 6.00. The lowest BCUT2D eigenvalue weighted by atomic mass is 9.98. The maximum atomic E-state index is 6.00. The summed E-state index contributed by atoms with van der Waals surface area (Å²) in [6.07, 6.45) is 0. The van der Waals surface area contributed by atoms with Crippen LogP contribution in [0.3, 0.4) is 0 Å². The molecule has 15 heavy (non-hydrogen) atoms. The largest absolute Gasteiger partial charge is 0.367 e. The molecule has 0 amide bonds. The van der Waals surface area contributed by atoms with Crippen LogP contribution in [0, 0.1) is 0 Å². The molecule has 0 atom stereocenters. The summed E-state index contributed by atoms with van der Waals surface area (Å²) in [5.41, 5.74) is 6.48. The van der Waals surface area contributed by atoms with E-state index < -0.39 is 0 Å². The summed E-state index contributed by atoms with van der Waals surface area (Å²) in [6.45, 7) is 15.8. The highest BCUT2D eigenvalue weighted by Crippen LogP contribution is 2.28. The van der Waals surface area contributed by atoms with Crippen molar-refractivity contribution in [3.63, 3.8) is 0 Å². The molecule has 1 aliphatic heterocycles. The van der Waals surface area contributed by atoms with Gasteiger partial charge in [-0.05, 0) is 33.3 Å². The van der Waals surface area contributed by atoms with Crippen molar-refractivity contribution in [2.45, 2.75) is 38.9 Å². The van der Waals surface area contributed by atoms with Gasteiger partial charge in [-0.15, -0.1) is 0 Å². The Labute approximate surface area is 93.3 Å². The molecule has 1 rings (SSSR count). The molecule has 0 aromatic heterocycles. The van der Waals surface area contributed by atoms with Gasteiger partial charge in [-0.25, -0.2) is 0 Å². The summed E-state index contributed by atoms with van der Waals surface area (Å²) in [7, 11) is 0. The first-order chi connectivity index (χ1) is 6.74. The molecule has 3 heteroatoms. The second-order valence-electron chi connectivity index (χ2n) is 5.72. The number of nitrogens with two attached hydrogens (primary N) is 1. The Kier molecular flexibility index (Phi) is 3.59. The zero-order chi connectivity index (χ0) is 11.7. The third-order valence-electron chi connectivity index (χ3n) is 2.50. The highest BCUT2D eigenvalue weighted by atomic mass is 16.5. The molecule has 0 saturated carbocycles. The zero-order valence-electron chi connectivity index (χ0n) is 10.5.